The van der Waals surface area contributed by atoms with Gasteiger partial charge in [-0.25, -0.2) is 0 Å². The Morgan fingerprint density at radius 3 is 2.79 bits per heavy atom. The lowest BCUT2D eigenvalue weighted by molar-refractivity contribution is 0.394. The van der Waals surface area contributed by atoms with Gasteiger partial charge in [0.05, 0.1) is 0 Å². The summed E-state index contributed by atoms with van der Waals surface area (Å²) in [5.74, 6) is 0. The number of rotatable bonds is 1. The molecule has 4 heteroatoms. The lowest BCUT2D eigenvalue weighted by Gasteiger charge is -2.32. The van der Waals surface area contributed by atoms with Crippen molar-refractivity contribution in [3.8, 4) is 0 Å². The molecule has 0 N–H and O–H groups in total. The Morgan fingerprint density at radius 1 is 1.29 bits per heavy atom. The zero-order valence-electron chi connectivity index (χ0n) is 8.49. The predicted molar refractivity (Wildman–Crippen MR) is 57.8 cm³/mol. The number of hydrogen-bond acceptors (Lipinski definition) is 4. The van der Waals surface area contributed by atoms with Gasteiger partial charge in [-0.2, -0.15) is 0 Å². The van der Waals surface area contributed by atoms with Gasteiger partial charge in [-0.05, 0) is 38.0 Å². The Bertz CT molecular complexity index is 343. The van der Waals surface area contributed by atoms with Crippen LogP contribution >= 0.6 is 11.3 Å². The molecule has 0 radical (unpaired) electrons. The number of nitrogens with zero attached hydrogens (tertiary/aromatic N) is 3. The average Bonchev–Trinajstić information content (AvgIpc) is 2.78. The van der Waals surface area contributed by atoms with Crippen LogP contribution in [-0.2, 0) is 0 Å². The van der Waals surface area contributed by atoms with Crippen LogP contribution in [0.1, 0.15) is 30.7 Å². The summed E-state index contributed by atoms with van der Waals surface area (Å²) in [6.45, 7) is 4.43. The third kappa shape index (κ3) is 1.41. The highest BCUT2D eigenvalue weighted by atomic mass is 32.1. The number of piperidine rings is 1. The lowest BCUT2D eigenvalue weighted by Crippen LogP contribution is -2.36. The molecular weight excluding hydrogens is 194 g/mol. The summed E-state index contributed by atoms with van der Waals surface area (Å²) in [6.07, 6.45) is 5.63. The quantitative estimate of drug-likeness (QED) is 0.710. The van der Waals surface area contributed by atoms with E-state index >= 15 is 0 Å². The predicted octanol–water partition coefficient (Wildman–Crippen LogP) is 2.23. The lowest BCUT2D eigenvalue weighted by atomic mass is 9.96. The molecule has 14 heavy (non-hydrogen) atoms. The highest BCUT2D eigenvalue weighted by Gasteiger charge is 2.45. The SMILES string of the molecule is Cc1nnc(N2CCCC3(CC3)C2)s1. The van der Waals surface area contributed by atoms with Crippen LogP contribution in [0.15, 0.2) is 0 Å². The second kappa shape index (κ2) is 2.92. The van der Waals surface area contributed by atoms with Gasteiger partial charge in [0, 0.05) is 13.1 Å². The largest absolute Gasteiger partial charge is 0.346 e. The molecule has 2 heterocycles. The zero-order chi connectivity index (χ0) is 9.60. The van der Waals surface area contributed by atoms with Crippen molar-refractivity contribution in [2.24, 2.45) is 5.41 Å². The molecule has 0 amide bonds. The van der Waals surface area contributed by atoms with Crippen LogP contribution in [0.4, 0.5) is 5.13 Å². The highest BCUT2D eigenvalue weighted by molar-refractivity contribution is 7.15. The van der Waals surface area contributed by atoms with Gasteiger partial charge in [0.2, 0.25) is 5.13 Å². The molecule has 0 aromatic carbocycles. The van der Waals surface area contributed by atoms with Gasteiger partial charge >= 0.3 is 0 Å². The molecule has 2 fully saturated rings. The fourth-order valence-corrected chi connectivity index (χ4v) is 3.08. The van der Waals surface area contributed by atoms with E-state index in [9.17, 15) is 0 Å². The van der Waals surface area contributed by atoms with Crippen molar-refractivity contribution < 1.29 is 0 Å². The number of aryl methyl sites for hydroxylation is 1. The second-order valence-corrected chi connectivity index (χ2v) is 5.79. The monoisotopic (exact) mass is 209 g/mol. The molecule has 2 aliphatic rings. The molecule has 76 valence electrons. The number of anilines is 1. The van der Waals surface area contributed by atoms with Gasteiger partial charge in [0.1, 0.15) is 5.01 Å². The van der Waals surface area contributed by atoms with E-state index in [1.165, 1.54) is 38.8 Å². The third-order valence-electron chi connectivity index (χ3n) is 3.40. The fourth-order valence-electron chi connectivity index (χ4n) is 2.37. The summed E-state index contributed by atoms with van der Waals surface area (Å²) in [5.41, 5.74) is 0.678. The molecule has 1 spiro atoms. The minimum atomic E-state index is 0.678. The van der Waals surface area contributed by atoms with Crippen LogP contribution in [0.2, 0.25) is 0 Å². The Labute approximate surface area is 88.1 Å². The average molecular weight is 209 g/mol. The summed E-state index contributed by atoms with van der Waals surface area (Å²) >= 11 is 1.73. The molecular formula is C10H15N3S. The third-order valence-corrected chi connectivity index (χ3v) is 4.30. The van der Waals surface area contributed by atoms with Crippen molar-refractivity contribution in [1.82, 2.24) is 10.2 Å². The van der Waals surface area contributed by atoms with Gasteiger partial charge in [-0.1, -0.05) is 11.3 Å². The van der Waals surface area contributed by atoms with E-state index in [-0.39, 0.29) is 0 Å². The fraction of sp³-hybridized carbons (Fsp3) is 0.800. The second-order valence-electron chi connectivity index (χ2n) is 4.63. The topological polar surface area (TPSA) is 29.0 Å². The molecule has 1 saturated heterocycles. The van der Waals surface area contributed by atoms with Crippen molar-refractivity contribution in [3.63, 3.8) is 0 Å². The molecule has 0 unspecified atom stereocenters. The molecule has 1 aromatic rings. The Morgan fingerprint density at radius 2 is 2.14 bits per heavy atom. The van der Waals surface area contributed by atoms with Crippen LogP contribution in [0.3, 0.4) is 0 Å². The van der Waals surface area contributed by atoms with Crippen LogP contribution < -0.4 is 4.90 Å². The standard InChI is InChI=1S/C10H15N3S/c1-8-11-12-9(14-8)13-6-2-3-10(7-13)4-5-10/h2-7H2,1H3. The van der Waals surface area contributed by atoms with Crippen molar-refractivity contribution in [3.05, 3.63) is 5.01 Å². The minimum Gasteiger partial charge on any atom is -0.346 e. The van der Waals surface area contributed by atoms with Crippen molar-refractivity contribution >= 4 is 16.5 Å². The maximum absolute atomic E-state index is 4.23. The molecule has 0 atom stereocenters. The Balaban J connectivity index is 1.78. The first-order valence-corrected chi connectivity index (χ1v) is 6.14. The van der Waals surface area contributed by atoms with E-state index in [2.05, 4.69) is 15.1 Å². The normalized spacial score (nSPS) is 24.2. The number of aromatic nitrogens is 2. The van der Waals surface area contributed by atoms with E-state index in [1.54, 1.807) is 11.3 Å². The maximum atomic E-state index is 4.23. The molecule has 0 bridgehead atoms. The van der Waals surface area contributed by atoms with E-state index in [1.807, 2.05) is 6.92 Å². The molecule has 1 saturated carbocycles. The van der Waals surface area contributed by atoms with Gasteiger partial charge in [-0.15, -0.1) is 10.2 Å². The Kier molecular flexibility index (Phi) is 1.81. The van der Waals surface area contributed by atoms with Crippen molar-refractivity contribution in [2.45, 2.75) is 32.6 Å². The van der Waals surface area contributed by atoms with Crippen LogP contribution in [0.5, 0.6) is 0 Å². The summed E-state index contributed by atoms with van der Waals surface area (Å²) < 4.78 is 0. The molecule has 1 aliphatic heterocycles. The van der Waals surface area contributed by atoms with Gasteiger partial charge in [0.25, 0.3) is 0 Å². The summed E-state index contributed by atoms with van der Waals surface area (Å²) in [6, 6.07) is 0. The van der Waals surface area contributed by atoms with Gasteiger partial charge < -0.3 is 4.90 Å². The first-order chi connectivity index (χ1) is 6.77. The van der Waals surface area contributed by atoms with E-state index < -0.39 is 0 Å². The first kappa shape index (κ1) is 8.65. The first-order valence-electron chi connectivity index (χ1n) is 5.33. The molecule has 3 nitrogen and oxygen atoms in total. The van der Waals surface area contributed by atoms with Crippen LogP contribution in [-0.4, -0.2) is 23.3 Å². The summed E-state index contributed by atoms with van der Waals surface area (Å²) in [7, 11) is 0. The van der Waals surface area contributed by atoms with Gasteiger partial charge in [0.15, 0.2) is 0 Å². The van der Waals surface area contributed by atoms with Crippen molar-refractivity contribution in [1.29, 1.82) is 0 Å². The Hall–Kier alpha value is -0.640. The van der Waals surface area contributed by atoms with Crippen LogP contribution in [0, 0.1) is 12.3 Å². The summed E-state index contributed by atoms with van der Waals surface area (Å²) in [5, 5.41) is 10.5. The van der Waals surface area contributed by atoms with Crippen LogP contribution in [0.25, 0.3) is 0 Å². The smallest absolute Gasteiger partial charge is 0.208 e. The van der Waals surface area contributed by atoms with Gasteiger partial charge in [-0.3, -0.25) is 0 Å². The highest BCUT2D eigenvalue weighted by Crippen LogP contribution is 2.52. The van der Waals surface area contributed by atoms with E-state index in [4.69, 9.17) is 0 Å². The zero-order valence-corrected chi connectivity index (χ0v) is 9.31. The number of hydrogen-bond donors (Lipinski definition) is 0. The minimum absolute atomic E-state index is 0.678. The summed E-state index contributed by atoms with van der Waals surface area (Å²) in [4.78, 5) is 2.43. The van der Waals surface area contributed by atoms with E-state index in [0.29, 0.717) is 5.41 Å². The molecule has 1 aliphatic carbocycles. The molecule has 3 rings (SSSR count). The van der Waals surface area contributed by atoms with E-state index in [0.717, 1.165) is 10.1 Å². The molecule has 1 aromatic heterocycles. The van der Waals surface area contributed by atoms with Crippen molar-refractivity contribution in [2.75, 3.05) is 18.0 Å². The maximum Gasteiger partial charge on any atom is 0.208 e.